The monoisotopic (exact) mass is 393 g/mol. The van der Waals surface area contributed by atoms with Gasteiger partial charge in [-0.15, -0.1) is 0 Å². The number of rotatable bonds is 7. The number of carboxylic acids is 1. The van der Waals surface area contributed by atoms with E-state index in [1.54, 1.807) is 24.4 Å². The molecule has 1 aliphatic rings. The van der Waals surface area contributed by atoms with Crippen LogP contribution < -0.4 is 4.74 Å². The average Bonchev–Trinajstić information content (AvgIpc) is 2.77. The Bertz CT molecular complexity index is 980. The van der Waals surface area contributed by atoms with Crippen LogP contribution in [-0.4, -0.2) is 48.6 Å². The average molecular weight is 393 g/mol. The summed E-state index contributed by atoms with van der Waals surface area (Å²) in [5.74, 6) is -0.162. The molecule has 0 bridgehead atoms. The van der Waals surface area contributed by atoms with Crippen molar-refractivity contribution in [3.8, 4) is 17.0 Å². The molecule has 0 amide bonds. The summed E-state index contributed by atoms with van der Waals surface area (Å²) in [6.07, 6.45) is 3.86. The van der Waals surface area contributed by atoms with E-state index >= 15 is 0 Å². The maximum Gasteiger partial charge on any atom is 0.335 e. The Morgan fingerprint density at radius 2 is 1.86 bits per heavy atom. The first-order chi connectivity index (χ1) is 14.2. The lowest BCUT2D eigenvalue weighted by Gasteiger charge is -2.22. The molecule has 1 aromatic heterocycles. The summed E-state index contributed by atoms with van der Waals surface area (Å²) in [6, 6.07) is 14.6. The van der Waals surface area contributed by atoms with Gasteiger partial charge in [0.05, 0.1) is 24.0 Å². The Kier molecular flexibility index (Phi) is 6.03. The predicted octanol–water partition coefficient (Wildman–Crippen LogP) is 4.17. The second-order valence-corrected chi connectivity index (χ2v) is 6.96. The first kappa shape index (κ1) is 19.4. The number of benzene rings is 2. The smallest absolute Gasteiger partial charge is 0.335 e. The summed E-state index contributed by atoms with van der Waals surface area (Å²) in [6.45, 7) is 2.60. The third-order valence-electron chi connectivity index (χ3n) is 5.01. The molecule has 0 radical (unpaired) electrons. The van der Waals surface area contributed by atoms with Crippen LogP contribution in [0, 0.1) is 0 Å². The van der Waals surface area contributed by atoms with Crippen LogP contribution in [0.2, 0.25) is 0 Å². The van der Waals surface area contributed by atoms with Gasteiger partial charge in [0.2, 0.25) is 0 Å². The number of pyridine rings is 1. The standard InChI is InChI=1S/C23H23NO5/c25-23(26)18-3-6-21-17(15-18)7-10-24-22(21)16-1-4-19(5-2-16)28-13-14-29-20-8-11-27-12-9-20/h1-7,10,15,20H,8-9,11-14H2,(H,25,26). The molecule has 2 heterocycles. The van der Waals surface area contributed by atoms with Crippen LogP contribution in [0.3, 0.4) is 0 Å². The van der Waals surface area contributed by atoms with Crippen LogP contribution >= 0.6 is 0 Å². The van der Waals surface area contributed by atoms with Crippen molar-refractivity contribution in [1.82, 2.24) is 4.98 Å². The van der Waals surface area contributed by atoms with Crippen molar-refractivity contribution in [3.63, 3.8) is 0 Å². The molecule has 1 aliphatic heterocycles. The number of hydrogen-bond donors (Lipinski definition) is 1. The van der Waals surface area contributed by atoms with Crippen LogP contribution in [-0.2, 0) is 9.47 Å². The molecule has 1 saturated heterocycles. The van der Waals surface area contributed by atoms with Gasteiger partial charge in [0.1, 0.15) is 12.4 Å². The Balaban J connectivity index is 1.40. The minimum Gasteiger partial charge on any atom is -0.491 e. The topological polar surface area (TPSA) is 77.9 Å². The number of nitrogens with zero attached hydrogens (tertiary/aromatic N) is 1. The predicted molar refractivity (Wildman–Crippen MR) is 109 cm³/mol. The molecule has 150 valence electrons. The minimum atomic E-state index is -0.937. The van der Waals surface area contributed by atoms with Crippen LogP contribution in [0.25, 0.3) is 22.0 Å². The zero-order chi connectivity index (χ0) is 20.1. The number of aromatic nitrogens is 1. The zero-order valence-corrected chi connectivity index (χ0v) is 16.0. The lowest BCUT2D eigenvalue weighted by Crippen LogP contribution is -2.25. The van der Waals surface area contributed by atoms with Gasteiger partial charge in [-0.05, 0) is 60.7 Å². The highest BCUT2D eigenvalue weighted by Crippen LogP contribution is 2.28. The summed E-state index contributed by atoms with van der Waals surface area (Å²) < 4.78 is 16.9. The van der Waals surface area contributed by atoms with Gasteiger partial charge in [0.25, 0.3) is 0 Å². The summed E-state index contributed by atoms with van der Waals surface area (Å²) in [5, 5.41) is 10.9. The van der Waals surface area contributed by atoms with E-state index in [1.165, 1.54) is 0 Å². The Morgan fingerprint density at radius 3 is 2.62 bits per heavy atom. The minimum absolute atomic E-state index is 0.265. The summed E-state index contributed by atoms with van der Waals surface area (Å²) in [7, 11) is 0. The molecule has 0 unspecified atom stereocenters. The highest BCUT2D eigenvalue weighted by atomic mass is 16.5. The third kappa shape index (κ3) is 4.72. The fourth-order valence-electron chi connectivity index (χ4n) is 3.47. The highest BCUT2D eigenvalue weighted by molar-refractivity contribution is 5.99. The Labute approximate surface area is 169 Å². The fourth-order valence-corrected chi connectivity index (χ4v) is 3.47. The first-order valence-electron chi connectivity index (χ1n) is 9.75. The maximum atomic E-state index is 11.2. The van der Waals surface area contributed by atoms with Crippen LogP contribution in [0.5, 0.6) is 5.75 Å². The first-order valence-corrected chi connectivity index (χ1v) is 9.75. The number of aromatic carboxylic acids is 1. The molecule has 0 aliphatic carbocycles. The Morgan fingerprint density at radius 1 is 1.07 bits per heavy atom. The van der Waals surface area contributed by atoms with Gasteiger partial charge >= 0.3 is 5.97 Å². The van der Waals surface area contributed by atoms with Gasteiger partial charge < -0.3 is 19.3 Å². The normalized spacial score (nSPS) is 14.8. The van der Waals surface area contributed by atoms with Gasteiger partial charge in [-0.25, -0.2) is 4.79 Å². The van der Waals surface area contributed by atoms with E-state index < -0.39 is 5.97 Å². The molecule has 1 fully saturated rings. The van der Waals surface area contributed by atoms with Gasteiger partial charge in [-0.3, -0.25) is 4.98 Å². The van der Waals surface area contributed by atoms with E-state index in [9.17, 15) is 9.90 Å². The zero-order valence-electron chi connectivity index (χ0n) is 16.0. The largest absolute Gasteiger partial charge is 0.491 e. The van der Waals surface area contributed by atoms with Crippen LogP contribution in [0.4, 0.5) is 0 Å². The van der Waals surface area contributed by atoms with Gasteiger partial charge in [-0.1, -0.05) is 6.07 Å². The molecule has 4 rings (SSSR count). The molecular weight excluding hydrogens is 370 g/mol. The van der Waals surface area contributed by atoms with Gasteiger partial charge in [0, 0.05) is 30.4 Å². The van der Waals surface area contributed by atoms with Crippen molar-refractivity contribution in [2.75, 3.05) is 26.4 Å². The van der Waals surface area contributed by atoms with Crippen LogP contribution in [0.1, 0.15) is 23.2 Å². The van der Waals surface area contributed by atoms with Crippen molar-refractivity contribution < 1.29 is 24.1 Å². The van der Waals surface area contributed by atoms with E-state index in [4.69, 9.17) is 14.2 Å². The third-order valence-corrected chi connectivity index (χ3v) is 5.01. The van der Waals surface area contributed by atoms with Crippen molar-refractivity contribution in [2.45, 2.75) is 18.9 Å². The molecule has 0 spiro atoms. The summed E-state index contributed by atoms with van der Waals surface area (Å²) >= 11 is 0. The van der Waals surface area contributed by atoms with E-state index in [-0.39, 0.29) is 11.7 Å². The SMILES string of the molecule is O=C(O)c1ccc2c(-c3ccc(OCCOC4CCOCC4)cc3)nccc2c1. The van der Waals surface area contributed by atoms with E-state index in [0.29, 0.717) is 13.2 Å². The van der Waals surface area contributed by atoms with Gasteiger partial charge in [0.15, 0.2) is 0 Å². The molecule has 0 saturated carbocycles. The molecular formula is C23H23NO5. The van der Waals surface area contributed by atoms with E-state index in [1.807, 2.05) is 30.3 Å². The molecule has 1 N–H and O–H groups in total. The second kappa shape index (κ2) is 9.03. The lowest BCUT2D eigenvalue weighted by molar-refractivity contribution is -0.0388. The fraction of sp³-hybridized carbons (Fsp3) is 0.304. The number of fused-ring (bicyclic) bond motifs is 1. The maximum absolute atomic E-state index is 11.2. The molecule has 6 nitrogen and oxygen atoms in total. The van der Waals surface area contributed by atoms with Crippen LogP contribution in [0.15, 0.2) is 54.7 Å². The summed E-state index contributed by atoms with van der Waals surface area (Å²) in [5.41, 5.74) is 2.03. The van der Waals surface area contributed by atoms with Crippen molar-refractivity contribution in [2.24, 2.45) is 0 Å². The number of carboxylic acid groups (broad SMARTS) is 1. The molecule has 29 heavy (non-hydrogen) atoms. The number of ether oxygens (including phenoxy) is 3. The molecule has 0 atom stereocenters. The quantitative estimate of drug-likeness (QED) is 0.607. The van der Waals surface area contributed by atoms with Crippen molar-refractivity contribution in [1.29, 1.82) is 0 Å². The number of carbonyl (C=O) groups is 1. The molecule has 6 heteroatoms. The van der Waals surface area contributed by atoms with Gasteiger partial charge in [-0.2, -0.15) is 0 Å². The van der Waals surface area contributed by atoms with E-state index in [2.05, 4.69) is 4.98 Å². The molecule has 2 aromatic carbocycles. The van der Waals surface area contributed by atoms with Crippen molar-refractivity contribution >= 4 is 16.7 Å². The molecule has 3 aromatic rings. The summed E-state index contributed by atoms with van der Waals surface area (Å²) in [4.78, 5) is 15.7. The Hall–Kier alpha value is -2.96. The highest BCUT2D eigenvalue weighted by Gasteiger charge is 2.13. The second-order valence-electron chi connectivity index (χ2n) is 6.96. The van der Waals surface area contributed by atoms with E-state index in [0.717, 1.165) is 53.8 Å². The number of hydrogen-bond acceptors (Lipinski definition) is 5. The lowest BCUT2D eigenvalue weighted by atomic mass is 10.0. The van der Waals surface area contributed by atoms with Crippen molar-refractivity contribution in [3.05, 3.63) is 60.3 Å².